The molecule has 2 heterocycles. The molecule has 30 heavy (non-hydrogen) atoms. The number of hydrogen-bond acceptors (Lipinski definition) is 7. The van der Waals surface area contributed by atoms with Crippen molar-refractivity contribution in [1.82, 2.24) is 4.57 Å². The van der Waals surface area contributed by atoms with Crippen molar-refractivity contribution >= 4 is 11.3 Å². The molecule has 0 spiro atoms. The molecule has 158 valence electrons. The number of aromatic nitrogens is 1. The summed E-state index contributed by atoms with van der Waals surface area (Å²) in [5.41, 5.74) is 8.94. The van der Waals surface area contributed by atoms with E-state index >= 15 is 0 Å². The molecule has 1 aliphatic rings. The summed E-state index contributed by atoms with van der Waals surface area (Å²) in [5, 5.41) is 2.12. The van der Waals surface area contributed by atoms with Crippen LogP contribution < -0.4 is 29.5 Å². The Balaban J connectivity index is 1.68. The standard InChI is InChI=1S/C22H25N3O4S/c1-26-17-6-4-16(20(11-17)27-2)12-24-22-25(9-3-8-23)18(13-30-22)15-5-7-19-21(10-15)29-14-28-19/h4-7,10-11,13H,3,8-9,12,14,23H2,1-2H3. The van der Waals surface area contributed by atoms with E-state index in [2.05, 4.69) is 9.95 Å². The summed E-state index contributed by atoms with van der Waals surface area (Å²) in [7, 11) is 3.30. The van der Waals surface area contributed by atoms with Gasteiger partial charge < -0.3 is 29.2 Å². The van der Waals surface area contributed by atoms with Crippen LogP contribution in [0.3, 0.4) is 0 Å². The van der Waals surface area contributed by atoms with E-state index in [-0.39, 0.29) is 6.79 Å². The number of nitrogens with zero attached hydrogens (tertiary/aromatic N) is 2. The Kier molecular flexibility index (Phi) is 6.25. The SMILES string of the molecule is COc1ccc(CN=c2scc(-c3ccc4c(c3)OCO4)n2CCCN)c(OC)c1. The Hall–Kier alpha value is -2.97. The summed E-state index contributed by atoms with van der Waals surface area (Å²) in [5.74, 6) is 3.07. The molecule has 8 heteroatoms. The molecule has 1 aromatic heterocycles. The fourth-order valence-electron chi connectivity index (χ4n) is 3.34. The van der Waals surface area contributed by atoms with Gasteiger partial charge in [0.25, 0.3) is 0 Å². The van der Waals surface area contributed by atoms with E-state index in [1.807, 2.05) is 36.4 Å². The topological polar surface area (TPSA) is 80.2 Å². The molecule has 4 rings (SSSR count). The van der Waals surface area contributed by atoms with Crippen molar-refractivity contribution in [1.29, 1.82) is 0 Å². The van der Waals surface area contributed by atoms with Crippen LogP contribution in [0.2, 0.25) is 0 Å². The van der Waals surface area contributed by atoms with E-state index < -0.39 is 0 Å². The van der Waals surface area contributed by atoms with Gasteiger partial charge in [-0.2, -0.15) is 0 Å². The smallest absolute Gasteiger partial charge is 0.231 e. The van der Waals surface area contributed by atoms with Gasteiger partial charge in [0.1, 0.15) is 11.5 Å². The third kappa shape index (κ3) is 4.15. The Morgan fingerprint density at radius 2 is 1.97 bits per heavy atom. The van der Waals surface area contributed by atoms with Crippen molar-refractivity contribution in [3.8, 4) is 34.3 Å². The van der Waals surface area contributed by atoms with E-state index in [1.54, 1.807) is 25.6 Å². The molecule has 0 saturated heterocycles. The summed E-state index contributed by atoms with van der Waals surface area (Å²) in [6, 6.07) is 11.8. The lowest BCUT2D eigenvalue weighted by Crippen LogP contribution is -2.18. The van der Waals surface area contributed by atoms with Crippen LogP contribution in [0.15, 0.2) is 46.8 Å². The predicted molar refractivity (Wildman–Crippen MR) is 116 cm³/mol. The molecular formula is C22H25N3O4S. The van der Waals surface area contributed by atoms with Crippen LogP contribution in [0.25, 0.3) is 11.3 Å². The predicted octanol–water partition coefficient (Wildman–Crippen LogP) is 3.41. The van der Waals surface area contributed by atoms with Crippen LogP contribution in [0.5, 0.6) is 23.0 Å². The number of benzene rings is 2. The molecule has 2 aromatic carbocycles. The number of thiazole rings is 1. The normalized spacial score (nSPS) is 13.0. The molecule has 2 N–H and O–H groups in total. The first-order valence-electron chi connectivity index (χ1n) is 9.73. The number of hydrogen-bond donors (Lipinski definition) is 1. The van der Waals surface area contributed by atoms with Gasteiger partial charge in [0.05, 0.1) is 26.5 Å². The van der Waals surface area contributed by atoms with Crippen molar-refractivity contribution in [3.63, 3.8) is 0 Å². The lowest BCUT2D eigenvalue weighted by atomic mass is 10.1. The summed E-state index contributed by atoms with van der Waals surface area (Å²) in [4.78, 5) is 5.81. The van der Waals surface area contributed by atoms with E-state index in [0.29, 0.717) is 13.1 Å². The zero-order chi connectivity index (χ0) is 20.9. The molecule has 3 aromatic rings. The van der Waals surface area contributed by atoms with Gasteiger partial charge in [-0.15, -0.1) is 11.3 Å². The largest absolute Gasteiger partial charge is 0.497 e. The van der Waals surface area contributed by atoms with Crippen molar-refractivity contribution in [2.75, 3.05) is 27.6 Å². The van der Waals surface area contributed by atoms with Crippen molar-refractivity contribution < 1.29 is 18.9 Å². The molecule has 0 atom stereocenters. The molecule has 0 bridgehead atoms. The van der Waals surface area contributed by atoms with Crippen LogP contribution in [0, 0.1) is 0 Å². The molecule has 0 fully saturated rings. The van der Waals surface area contributed by atoms with Gasteiger partial charge in [-0.05, 0) is 43.3 Å². The Labute approximate surface area is 179 Å². The van der Waals surface area contributed by atoms with Crippen molar-refractivity contribution in [2.24, 2.45) is 10.7 Å². The molecular weight excluding hydrogens is 402 g/mol. The highest BCUT2D eigenvalue weighted by Crippen LogP contribution is 2.36. The first-order chi connectivity index (χ1) is 14.7. The van der Waals surface area contributed by atoms with Gasteiger partial charge in [0, 0.05) is 29.1 Å². The number of nitrogens with two attached hydrogens (primary N) is 1. The van der Waals surface area contributed by atoms with Crippen LogP contribution in [0.4, 0.5) is 0 Å². The molecule has 1 aliphatic heterocycles. The highest BCUT2D eigenvalue weighted by atomic mass is 32.1. The first-order valence-corrected chi connectivity index (χ1v) is 10.6. The van der Waals surface area contributed by atoms with Crippen LogP contribution in [-0.4, -0.2) is 32.1 Å². The third-order valence-electron chi connectivity index (χ3n) is 4.93. The molecule has 0 aliphatic carbocycles. The highest BCUT2D eigenvalue weighted by Gasteiger charge is 2.16. The second-order valence-electron chi connectivity index (χ2n) is 6.76. The van der Waals surface area contributed by atoms with Crippen LogP contribution in [-0.2, 0) is 13.1 Å². The van der Waals surface area contributed by atoms with Gasteiger partial charge in [-0.25, -0.2) is 0 Å². The monoisotopic (exact) mass is 427 g/mol. The summed E-state index contributed by atoms with van der Waals surface area (Å²) in [6.45, 7) is 2.19. The van der Waals surface area contributed by atoms with E-state index in [1.165, 1.54) is 0 Å². The number of rotatable bonds is 8. The number of fused-ring (bicyclic) bond motifs is 1. The maximum absolute atomic E-state index is 5.78. The fraction of sp³-hybridized carbons (Fsp3) is 0.318. The van der Waals surface area contributed by atoms with Gasteiger partial charge in [0.2, 0.25) is 6.79 Å². The Morgan fingerprint density at radius 1 is 1.10 bits per heavy atom. The highest BCUT2D eigenvalue weighted by molar-refractivity contribution is 7.07. The fourth-order valence-corrected chi connectivity index (χ4v) is 4.28. The quantitative estimate of drug-likeness (QED) is 0.596. The molecule has 7 nitrogen and oxygen atoms in total. The van der Waals surface area contributed by atoms with Crippen molar-refractivity contribution in [3.05, 3.63) is 52.1 Å². The number of ether oxygens (including phenoxy) is 4. The van der Waals surface area contributed by atoms with Gasteiger partial charge in [-0.1, -0.05) is 0 Å². The molecule has 0 amide bonds. The van der Waals surface area contributed by atoms with E-state index in [9.17, 15) is 0 Å². The Morgan fingerprint density at radius 3 is 2.77 bits per heavy atom. The minimum absolute atomic E-state index is 0.264. The first kappa shape index (κ1) is 20.3. The zero-order valence-electron chi connectivity index (χ0n) is 17.1. The van der Waals surface area contributed by atoms with E-state index in [0.717, 1.165) is 57.6 Å². The molecule has 0 saturated carbocycles. The summed E-state index contributed by atoms with van der Waals surface area (Å²) < 4.78 is 24.0. The zero-order valence-corrected chi connectivity index (χ0v) is 17.9. The lowest BCUT2D eigenvalue weighted by Gasteiger charge is -2.10. The minimum atomic E-state index is 0.264. The minimum Gasteiger partial charge on any atom is -0.497 e. The van der Waals surface area contributed by atoms with Gasteiger partial charge in [-0.3, -0.25) is 4.99 Å². The average Bonchev–Trinajstić information content (AvgIpc) is 3.42. The second-order valence-corrected chi connectivity index (χ2v) is 7.60. The second kappa shape index (κ2) is 9.23. The number of methoxy groups -OCH3 is 2. The molecule has 0 unspecified atom stereocenters. The van der Waals surface area contributed by atoms with Crippen LogP contribution in [0.1, 0.15) is 12.0 Å². The van der Waals surface area contributed by atoms with E-state index in [4.69, 9.17) is 29.7 Å². The maximum atomic E-state index is 5.78. The molecule has 0 radical (unpaired) electrons. The average molecular weight is 428 g/mol. The van der Waals surface area contributed by atoms with Crippen LogP contribution >= 0.6 is 11.3 Å². The maximum Gasteiger partial charge on any atom is 0.231 e. The summed E-state index contributed by atoms with van der Waals surface area (Å²) >= 11 is 1.61. The lowest BCUT2D eigenvalue weighted by molar-refractivity contribution is 0.174. The van der Waals surface area contributed by atoms with Crippen molar-refractivity contribution in [2.45, 2.75) is 19.5 Å². The van der Waals surface area contributed by atoms with Gasteiger partial charge >= 0.3 is 0 Å². The van der Waals surface area contributed by atoms with Gasteiger partial charge in [0.15, 0.2) is 16.3 Å². The summed E-state index contributed by atoms with van der Waals surface area (Å²) in [6.07, 6.45) is 0.868. The Bertz CT molecular complexity index is 1090. The third-order valence-corrected chi connectivity index (χ3v) is 5.83.